The molecule has 0 aliphatic heterocycles. The van der Waals surface area contributed by atoms with Crippen molar-refractivity contribution in [2.75, 3.05) is 13.2 Å². The van der Waals surface area contributed by atoms with Crippen LogP contribution in [0.5, 0.6) is 5.75 Å². The SMILES string of the molecule is CC(C)(C)OC(=O)NCCOc1ccc(C2CC2C(=O)O)cc1. The second-order valence-electron chi connectivity index (χ2n) is 6.63. The molecule has 6 nitrogen and oxygen atoms in total. The maximum Gasteiger partial charge on any atom is 0.407 e. The van der Waals surface area contributed by atoms with Crippen molar-refractivity contribution in [1.29, 1.82) is 0 Å². The topological polar surface area (TPSA) is 84.9 Å². The van der Waals surface area contributed by atoms with Gasteiger partial charge in [-0.2, -0.15) is 0 Å². The van der Waals surface area contributed by atoms with Crippen LogP contribution in [0.4, 0.5) is 4.79 Å². The van der Waals surface area contributed by atoms with Gasteiger partial charge >= 0.3 is 12.1 Å². The Balaban J connectivity index is 1.69. The van der Waals surface area contributed by atoms with Crippen LogP contribution in [0.25, 0.3) is 0 Å². The number of hydrogen-bond acceptors (Lipinski definition) is 4. The highest BCUT2D eigenvalue weighted by atomic mass is 16.6. The van der Waals surface area contributed by atoms with Gasteiger partial charge in [0, 0.05) is 0 Å². The Morgan fingerprint density at radius 2 is 1.91 bits per heavy atom. The number of carboxylic acids is 1. The number of ether oxygens (including phenoxy) is 2. The molecule has 126 valence electrons. The molecule has 1 fully saturated rings. The predicted octanol–water partition coefficient (Wildman–Crippen LogP) is 2.78. The Kier molecular flexibility index (Phi) is 5.13. The van der Waals surface area contributed by atoms with Gasteiger partial charge in [-0.1, -0.05) is 12.1 Å². The standard InChI is InChI=1S/C17H23NO5/c1-17(2,3)23-16(21)18-8-9-22-12-6-4-11(5-7-12)13-10-14(13)15(19)20/h4-7,13-14H,8-10H2,1-3H3,(H,18,21)(H,19,20). The third kappa shape index (κ3) is 5.47. The summed E-state index contributed by atoms with van der Waals surface area (Å²) in [5.41, 5.74) is 0.508. The highest BCUT2D eigenvalue weighted by molar-refractivity contribution is 5.75. The van der Waals surface area contributed by atoms with Gasteiger partial charge in [0.25, 0.3) is 0 Å². The maximum absolute atomic E-state index is 11.4. The normalized spacial score (nSPS) is 19.8. The van der Waals surface area contributed by atoms with Gasteiger partial charge in [0.05, 0.1) is 12.5 Å². The second kappa shape index (κ2) is 6.89. The number of carboxylic acid groups (broad SMARTS) is 1. The molecule has 2 atom stereocenters. The van der Waals surface area contributed by atoms with Crippen LogP contribution in [-0.4, -0.2) is 35.9 Å². The summed E-state index contributed by atoms with van der Waals surface area (Å²) in [5.74, 6) is -0.175. The number of amides is 1. The fraction of sp³-hybridized carbons (Fsp3) is 0.529. The number of carbonyl (C=O) groups is 2. The third-order valence-corrected chi connectivity index (χ3v) is 3.45. The van der Waals surface area contributed by atoms with Gasteiger partial charge in [-0.3, -0.25) is 4.79 Å². The fourth-order valence-corrected chi connectivity index (χ4v) is 2.28. The Hall–Kier alpha value is -2.24. The van der Waals surface area contributed by atoms with Crippen molar-refractivity contribution in [3.8, 4) is 5.75 Å². The van der Waals surface area contributed by atoms with E-state index in [-0.39, 0.29) is 11.8 Å². The summed E-state index contributed by atoms with van der Waals surface area (Å²) in [6.07, 6.45) is 0.236. The molecule has 1 aromatic rings. The van der Waals surface area contributed by atoms with E-state index in [1.807, 2.05) is 24.3 Å². The van der Waals surface area contributed by atoms with Crippen LogP contribution >= 0.6 is 0 Å². The summed E-state index contributed by atoms with van der Waals surface area (Å²) in [7, 11) is 0. The minimum absolute atomic E-state index is 0.121. The molecule has 2 unspecified atom stereocenters. The maximum atomic E-state index is 11.4. The molecule has 0 bridgehead atoms. The molecule has 2 N–H and O–H groups in total. The number of hydrogen-bond donors (Lipinski definition) is 2. The summed E-state index contributed by atoms with van der Waals surface area (Å²) in [5, 5.41) is 11.5. The largest absolute Gasteiger partial charge is 0.492 e. The van der Waals surface area contributed by atoms with E-state index in [0.717, 1.165) is 5.56 Å². The molecular formula is C17H23NO5. The van der Waals surface area contributed by atoms with Gasteiger partial charge in [-0.25, -0.2) is 4.79 Å². The van der Waals surface area contributed by atoms with Crippen LogP contribution in [0.15, 0.2) is 24.3 Å². The van der Waals surface area contributed by atoms with E-state index >= 15 is 0 Å². The monoisotopic (exact) mass is 321 g/mol. The zero-order valence-corrected chi connectivity index (χ0v) is 13.7. The lowest BCUT2D eigenvalue weighted by Gasteiger charge is -2.19. The molecule has 0 saturated heterocycles. The number of nitrogens with one attached hydrogen (secondary N) is 1. The summed E-state index contributed by atoms with van der Waals surface area (Å²) >= 11 is 0. The number of alkyl carbamates (subject to hydrolysis) is 1. The van der Waals surface area contributed by atoms with E-state index < -0.39 is 17.7 Å². The zero-order valence-electron chi connectivity index (χ0n) is 13.7. The molecule has 1 aliphatic carbocycles. The average Bonchev–Trinajstić information content (AvgIpc) is 3.23. The fourth-order valence-electron chi connectivity index (χ4n) is 2.28. The zero-order chi connectivity index (χ0) is 17.0. The van der Waals surface area contributed by atoms with Gasteiger partial charge in [0.2, 0.25) is 0 Å². The number of benzene rings is 1. The first-order chi connectivity index (χ1) is 10.8. The molecule has 0 aromatic heterocycles. The summed E-state index contributed by atoms with van der Waals surface area (Å²) < 4.78 is 10.6. The van der Waals surface area contributed by atoms with Crippen LogP contribution in [0.1, 0.15) is 38.7 Å². The summed E-state index contributed by atoms with van der Waals surface area (Å²) in [6, 6.07) is 7.43. The van der Waals surface area contributed by atoms with Crippen molar-refractivity contribution in [3.63, 3.8) is 0 Å². The van der Waals surface area contributed by atoms with Crippen molar-refractivity contribution < 1.29 is 24.2 Å². The average molecular weight is 321 g/mol. The molecule has 1 saturated carbocycles. The molecule has 1 aliphatic rings. The molecule has 0 radical (unpaired) electrons. The highest BCUT2D eigenvalue weighted by Gasteiger charge is 2.43. The minimum Gasteiger partial charge on any atom is -0.492 e. The quantitative estimate of drug-likeness (QED) is 0.787. The van der Waals surface area contributed by atoms with Crippen molar-refractivity contribution >= 4 is 12.1 Å². The van der Waals surface area contributed by atoms with E-state index in [1.54, 1.807) is 20.8 Å². The number of carbonyl (C=O) groups excluding carboxylic acids is 1. The number of aliphatic carboxylic acids is 1. The Labute approximate surface area is 135 Å². The van der Waals surface area contributed by atoms with Crippen LogP contribution in [0.3, 0.4) is 0 Å². The molecule has 23 heavy (non-hydrogen) atoms. The van der Waals surface area contributed by atoms with Crippen molar-refractivity contribution in [2.45, 2.75) is 38.7 Å². The summed E-state index contributed by atoms with van der Waals surface area (Å²) in [6.45, 7) is 6.10. The second-order valence-corrected chi connectivity index (χ2v) is 6.63. The van der Waals surface area contributed by atoms with E-state index in [1.165, 1.54) is 0 Å². The van der Waals surface area contributed by atoms with Gasteiger partial charge < -0.3 is 19.9 Å². The Morgan fingerprint density at radius 3 is 2.43 bits per heavy atom. The first kappa shape index (κ1) is 17.1. The third-order valence-electron chi connectivity index (χ3n) is 3.45. The van der Waals surface area contributed by atoms with E-state index in [0.29, 0.717) is 25.3 Å². The van der Waals surface area contributed by atoms with E-state index in [9.17, 15) is 9.59 Å². The predicted molar refractivity (Wildman–Crippen MR) is 84.7 cm³/mol. The van der Waals surface area contributed by atoms with Gasteiger partial charge in [0.1, 0.15) is 18.0 Å². The smallest absolute Gasteiger partial charge is 0.407 e. The Morgan fingerprint density at radius 1 is 1.26 bits per heavy atom. The van der Waals surface area contributed by atoms with Crippen LogP contribution in [0, 0.1) is 5.92 Å². The van der Waals surface area contributed by atoms with Crippen LogP contribution in [0.2, 0.25) is 0 Å². The highest BCUT2D eigenvalue weighted by Crippen LogP contribution is 2.47. The van der Waals surface area contributed by atoms with Crippen LogP contribution in [-0.2, 0) is 9.53 Å². The van der Waals surface area contributed by atoms with Crippen molar-refractivity contribution in [1.82, 2.24) is 5.32 Å². The van der Waals surface area contributed by atoms with Gasteiger partial charge in [-0.05, 0) is 50.8 Å². The molecule has 6 heteroatoms. The molecule has 2 rings (SSSR count). The number of rotatable bonds is 6. The first-order valence-corrected chi connectivity index (χ1v) is 7.69. The first-order valence-electron chi connectivity index (χ1n) is 7.69. The molecule has 0 spiro atoms. The Bertz CT molecular complexity index is 561. The van der Waals surface area contributed by atoms with Crippen LogP contribution < -0.4 is 10.1 Å². The summed E-state index contributed by atoms with van der Waals surface area (Å²) in [4.78, 5) is 22.3. The molecule has 0 heterocycles. The van der Waals surface area contributed by atoms with E-state index in [2.05, 4.69) is 5.32 Å². The molecule has 1 aromatic carbocycles. The lowest BCUT2D eigenvalue weighted by molar-refractivity contribution is -0.138. The molecule has 1 amide bonds. The van der Waals surface area contributed by atoms with Gasteiger partial charge in [-0.15, -0.1) is 0 Å². The minimum atomic E-state index is -0.733. The van der Waals surface area contributed by atoms with Crippen molar-refractivity contribution in [3.05, 3.63) is 29.8 Å². The lowest BCUT2D eigenvalue weighted by atomic mass is 10.1. The van der Waals surface area contributed by atoms with Gasteiger partial charge in [0.15, 0.2) is 0 Å². The van der Waals surface area contributed by atoms with Crippen molar-refractivity contribution in [2.24, 2.45) is 5.92 Å². The lowest BCUT2D eigenvalue weighted by Crippen LogP contribution is -2.34. The molecular weight excluding hydrogens is 298 g/mol. The van der Waals surface area contributed by atoms with E-state index in [4.69, 9.17) is 14.6 Å².